The highest BCUT2D eigenvalue weighted by molar-refractivity contribution is 6.02. The molecule has 0 aliphatic heterocycles. The minimum Gasteiger partial charge on any atom is -0.300 e. The zero-order chi connectivity index (χ0) is 27.7. The van der Waals surface area contributed by atoms with Gasteiger partial charge in [-0.15, -0.1) is 0 Å². The summed E-state index contributed by atoms with van der Waals surface area (Å²) < 4.78 is 0. The van der Waals surface area contributed by atoms with Crippen LogP contribution in [-0.4, -0.2) is 17.3 Å². The molecular formula is C34H50O3. The first-order chi connectivity index (χ1) is 17.6. The van der Waals surface area contributed by atoms with Crippen molar-refractivity contribution in [3.05, 3.63) is 52.1 Å². The van der Waals surface area contributed by atoms with E-state index < -0.39 is 0 Å². The second-order valence-electron chi connectivity index (χ2n) is 11.5. The first-order valence-corrected chi connectivity index (χ1v) is 14.7. The molecule has 1 aromatic carbocycles. The van der Waals surface area contributed by atoms with Gasteiger partial charge in [0.15, 0.2) is 5.78 Å². The Morgan fingerprint density at radius 2 is 1.76 bits per heavy atom. The maximum atomic E-state index is 13.6. The molecule has 0 bridgehead atoms. The summed E-state index contributed by atoms with van der Waals surface area (Å²) >= 11 is 0. The highest BCUT2D eigenvalue weighted by Gasteiger charge is 2.34. The summed E-state index contributed by atoms with van der Waals surface area (Å²) in [6, 6.07) is 2.32. The van der Waals surface area contributed by atoms with E-state index in [0.717, 1.165) is 49.7 Å². The molecule has 0 fully saturated rings. The van der Waals surface area contributed by atoms with Gasteiger partial charge in [-0.2, -0.15) is 0 Å². The molecule has 0 spiro atoms. The first kappa shape index (κ1) is 30.9. The Labute approximate surface area is 226 Å². The van der Waals surface area contributed by atoms with Gasteiger partial charge in [0.1, 0.15) is 11.6 Å². The molecule has 0 heterocycles. The van der Waals surface area contributed by atoms with Gasteiger partial charge < -0.3 is 0 Å². The lowest BCUT2D eigenvalue weighted by atomic mass is 9.70. The molecule has 0 aromatic heterocycles. The van der Waals surface area contributed by atoms with E-state index in [-0.39, 0.29) is 41.5 Å². The van der Waals surface area contributed by atoms with E-state index in [1.54, 1.807) is 0 Å². The zero-order valence-corrected chi connectivity index (χ0v) is 24.7. The molecule has 0 amide bonds. The van der Waals surface area contributed by atoms with E-state index in [1.807, 2.05) is 0 Å². The summed E-state index contributed by atoms with van der Waals surface area (Å²) in [6.45, 7) is 16.5. The third-order valence-electron chi connectivity index (χ3n) is 7.82. The normalized spacial score (nSPS) is 18.1. The van der Waals surface area contributed by atoms with Gasteiger partial charge >= 0.3 is 0 Å². The van der Waals surface area contributed by atoms with Crippen LogP contribution in [0.3, 0.4) is 0 Å². The van der Waals surface area contributed by atoms with Crippen molar-refractivity contribution in [2.24, 2.45) is 17.8 Å². The summed E-state index contributed by atoms with van der Waals surface area (Å²) in [6.07, 6.45) is 13.9. The number of carbonyl (C=O) groups excluding carboxylic acids is 3. The predicted molar refractivity (Wildman–Crippen MR) is 156 cm³/mol. The minimum atomic E-state index is -0.0879. The molecule has 0 radical (unpaired) electrons. The highest BCUT2D eigenvalue weighted by atomic mass is 16.1. The van der Waals surface area contributed by atoms with Crippen molar-refractivity contribution < 1.29 is 14.4 Å². The topological polar surface area (TPSA) is 51.2 Å². The average Bonchev–Trinajstić information content (AvgIpc) is 3.34. The second-order valence-corrected chi connectivity index (χ2v) is 11.5. The first-order valence-electron chi connectivity index (χ1n) is 14.7. The molecule has 3 unspecified atom stereocenters. The second kappa shape index (κ2) is 14.6. The summed E-state index contributed by atoms with van der Waals surface area (Å²) in [4.78, 5) is 38.0. The average molecular weight is 507 g/mol. The summed E-state index contributed by atoms with van der Waals surface area (Å²) in [5, 5.41) is 0. The van der Waals surface area contributed by atoms with Crippen molar-refractivity contribution >= 4 is 22.9 Å². The number of fused-ring (bicyclic) bond motifs is 1. The predicted octanol–water partition coefficient (Wildman–Crippen LogP) is 9.00. The number of rotatable bonds is 11. The number of hydrogen-bond acceptors (Lipinski definition) is 3. The van der Waals surface area contributed by atoms with Crippen LogP contribution in [-0.2, 0) is 16.0 Å². The maximum absolute atomic E-state index is 13.6. The van der Waals surface area contributed by atoms with Crippen LogP contribution in [0.4, 0.5) is 0 Å². The Morgan fingerprint density at radius 3 is 2.27 bits per heavy atom. The SMILES string of the molecule is CCC.CCCC(CC1CC(=O)c2c(C)c(C3=CCC=C3)cc(C(C)C)c2C1)C(CC)C(=O)CC(C)=O. The minimum absolute atomic E-state index is 0.0366. The van der Waals surface area contributed by atoms with Gasteiger partial charge in [0.2, 0.25) is 0 Å². The van der Waals surface area contributed by atoms with E-state index in [4.69, 9.17) is 0 Å². The lowest BCUT2D eigenvalue weighted by molar-refractivity contribution is -0.129. The molecule has 37 heavy (non-hydrogen) atoms. The molecule has 3 atom stereocenters. The Balaban J connectivity index is 0.00000153. The fourth-order valence-corrected chi connectivity index (χ4v) is 6.30. The van der Waals surface area contributed by atoms with E-state index in [0.29, 0.717) is 12.3 Å². The molecule has 2 aliphatic carbocycles. The molecule has 3 nitrogen and oxygen atoms in total. The largest absolute Gasteiger partial charge is 0.300 e. The van der Waals surface area contributed by atoms with Gasteiger partial charge in [-0.3, -0.25) is 14.4 Å². The lowest BCUT2D eigenvalue weighted by Gasteiger charge is -2.33. The number of benzene rings is 1. The van der Waals surface area contributed by atoms with Crippen molar-refractivity contribution in [1.29, 1.82) is 0 Å². The molecule has 1 aromatic rings. The van der Waals surface area contributed by atoms with Gasteiger partial charge in [-0.25, -0.2) is 0 Å². The van der Waals surface area contributed by atoms with Crippen LogP contribution in [0.5, 0.6) is 0 Å². The monoisotopic (exact) mass is 506 g/mol. The highest BCUT2D eigenvalue weighted by Crippen LogP contribution is 2.41. The van der Waals surface area contributed by atoms with Crippen LogP contribution in [0, 0.1) is 24.7 Å². The zero-order valence-electron chi connectivity index (χ0n) is 24.7. The molecule has 204 valence electrons. The van der Waals surface area contributed by atoms with Crippen LogP contribution in [0.15, 0.2) is 24.3 Å². The van der Waals surface area contributed by atoms with Gasteiger partial charge in [0, 0.05) is 17.9 Å². The van der Waals surface area contributed by atoms with Crippen LogP contribution in [0.2, 0.25) is 0 Å². The molecule has 0 N–H and O–H groups in total. The van der Waals surface area contributed by atoms with E-state index in [9.17, 15) is 14.4 Å². The van der Waals surface area contributed by atoms with Crippen molar-refractivity contribution in [2.45, 2.75) is 119 Å². The van der Waals surface area contributed by atoms with Crippen LogP contribution < -0.4 is 0 Å². The number of allylic oxidation sites excluding steroid dienone is 4. The molecule has 0 saturated heterocycles. The van der Waals surface area contributed by atoms with Gasteiger partial charge in [-0.1, -0.05) is 85.1 Å². The number of carbonyl (C=O) groups is 3. The fourth-order valence-electron chi connectivity index (χ4n) is 6.30. The third kappa shape index (κ3) is 7.85. The number of hydrogen-bond donors (Lipinski definition) is 0. The van der Waals surface area contributed by atoms with Crippen molar-refractivity contribution in [3.63, 3.8) is 0 Å². The smallest absolute Gasteiger partial charge is 0.163 e. The summed E-state index contributed by atoms with van der Waals surface area (Å²) in [5.74, 6) is 1.03. The van der Waals surface area contributed by atoms with Gasteiger partial charge in [0.05, 0.1) is 6.42 Å². The Morgan fingerprint density at radius 1 is 1.08 bits per heavy atom. The van der Waals surface area contributed by atoms with Crippen molar-refractivity contribution in [3.8, 4) is 0 Å². The van der Waals surface area contributed by atoms with Crippen LogP contribution in [0.25, 0.3) is 5.57 Å². The Bertz CT molecular complexity index is 1020. The molecular weight excluding hydrogens is 456 g/mol. The van der Waals surface area contributed by atoms with E-state index in [2.05, 4.69) is 72.8 Å². The summed E-state index contributed by atoms with van der Waals surface area (Å²) in [5.41, 5.74) is 7.03. The van der Waals surface area contributed by atoms with Gasteiger partial charge in [-0.05, 0) is 85.1 Å². The van der Waals surface area contributed by atoms with Crippen LogP contribution in [0.1, 0.15) is 138 Å². The lowest BCUT2D eigenvalue weighted by Crippen LogP contribution is -2.30. The van der Waals surface area contributed by atoms with Crippen LogP contribution >= 0.6 is 0 Å². The quantitative estimate of drug-likeness (QED) is 0.281. The number of Topliss-reactive ketones (excluding diaryl/α,β-unsaturated/α-hetero) is 3. The summed E-state index contributed by atoms with van der Waals surface area (Å²) in [7, 11) is 0. The third-order valence-corrected chi connectivity index (χ3v) is 7.82. The maximum Gasteiger partial charge on any atom is 0.163 e. The van der Waals surface area contributed by atoms with E-state index in [1.165, 1.54) is 35.6 Å². The van der Waals surface area contributed by atoms with Crippen molar-refractivity contribution in [2.75, 3.05) is 0 Å². The van der Waals surface area contributed by atoms with E-state index >= 15 is 0 Å². The fraction of sp³-hybridized carbons (Fsp3) is 0.618. The van der Waals surface area contributed by atoms with Crippen molar-refractivity contribution in [1.82, 2.24) is 0 Å². The molecule has 2 aliphatic rings. The standard InChI is InChI=1S/C31H42O3.C3H8/c1-7-11-24(25(8-2)29(33)14-20(5)32)15-22-16-28-26(19(3)4)18-27(23-12-9-10-13-23)21(6)31(28)30(34)17-22;1-3-2/h9,12-13,18-19,22,24-25H,7-8,10-11,14-17H2,1-6H3;3H2,1-2H3. The molecule has 0 saturated carbocycles. The Hall–Kier alpha value is -2.29. The Kier molecular flexibility index (Phi) is 12.2. The number of ketones is 3. The van der Waals surface area contributed by atoms with Gasteiger partial charge in [0.25, 0.3) is 0 Å². The molecule has 3 heteroatoms. The molecule has 3 rings (SSSR count).